The highest BCUT2D eigenvalue weighted by molar-refractivity contribution is 9.10. The normalized spacial score (nSPS) is 17.6. The van der Waals surface area contributed by atoms with Crippen molar-refractivity contribution in [2.75, 3.05) is 26.2 Å². The van der Waals surface area contributed by atoms with E-state index < -0.39 is 0 Å². The number of benzene rings is 2. The third-order valence-corrected chi connectivity index (χ3v) is 7.68. The minimum atomic E-state index is -0.288. The number of furan rings is 1. The zero-order chi connectivity index (χ0) is 25.6. The van der Waals surface area contributed by atoms with Crippen molar-refractivity contribution in [3.05, 3.63) is 76.2 Å². The topological polar surface area (TPSA) is 66.7 Å². The molecule has 0 saturated carbocycles. The molecule has 3 aromatic rings. The number of nitrogens with one attached hydrogen (secondary N) is 2. The highest BCUT2D eigenvalue weighted by Gasteiger charge is 2.22. The molecule has 5 rings (SSSR count). The van der Waals surface area contributed by atoms with Crippen molar-refractivity contribution in [1.82, 2.24) is 15.5 Å². The molecule has 1 aromatic heterocycles. The van der Waals surface area contributed by atoms with Crippen LogP contribution >= 0.6 is 15.9 Å². The fraction of sp³-hybridized carbons (Fsp3) is 0.414. The summed E-state index contributed by atoms with van der Waals surface area (Å²) in [6.45, 7) is 4.78. The molecule has 196 valence electrons. The van der Waals surface area contributed by atoms with E-state index in [4.69, 9.17) is 9.15 Å². The predicted molar refractivity (Wildman–Crippen MR) is 145 cm³/mol. The van der Waals surface area contributed by atoms with Crippen LogP contribution in [0.1, 0.15) is 37.0 Å². The minimum absolute atomic E-state index is 0.0354. The quantitative estimate of drug-likeness (QED) is 0.385. The molecule has 0 bridgehead atoms. The van der Waals surface area contributed by atoms with Crippen LogP contribution in [0.25, 0.3) is 11.3 Å². The Kier molecular flexibility index (Phi) is 8.59. The van der Waals surface area contributed by atoms with E-state index in [2.05, 4.69) is 49.7 Å². The second-order valence-corrected chi connectivity index (χ2v) is 10.8. The van der Waals surface area contributed by atoms with Gasteiger partial charge < -0.3 is 19.8 Å². The van der Waals surface area contributed by atoms with Crippen LogP contribution in [0.3, 0.4) is 0 Å². The molecule has 1 amide bonds. The fourth-order valence-electron chi connectivity index (χ4n) is 5.00. The summed E-state index contributed by atoms with van der Waals surface area (Å²) in [6.07, 6.45) is 4.39. The summed E-state index contributed by atoms with van der Waals surface area (Å²) in [5.74, 6) is 1.83. The lowest BCUT2D eigenvalue weighted by molar-refractivity contribution is -0.121. The summed E-state index contributed by atoms with van der Waals surface area (Å²) in [7, 11) is 0. The summed E-state index contributed by atoms with van der Waals surface area (Å²) >= 11 is 3.69. The maximum absolute atomic E-state index is 13.1. The lowest BCUT2D eigenvalue weighted by Crippen LogP contribution is -2.44. The molecule has 6 nitrogen and oxygen atoms in total. The third kappa shape index (κ3) is 7.21. The molecule has 0 atom stereocenters. The van der Waals surface area contributed by atoms with E-state index in [1.165, 1.54) is 17.7 Å². The lowest BCUT2D eigenvalue weighted by atomic mass is 10.0. The van der Waals surface area contributed by atoms with E-state index in [1.807, 2.05) is 12.1 Å². The number of halogens is 2. The van der Waals surface area contributed by atoms with E-state index >= 15 is 0 Å². The number of likely N-dealkylation sites (tertiary alicyclic amines) is 1. The van der Waals surface area contributed by atoms with Gasteiger partial charge in [0, 0.05) is 31.2 Å². The van der Waals surface area contributed by atoms with Gasteiger partial charge in [-0.2, -0.15) is 0 Å². The summed E-state index contributed by atoms with van der Waals surface area (Å²) < 4.78 is 26.1. The lowest BCUT2D eigenvalue weighted by Gasteiger charge is -2.32. The van der Waals surface area contributed by atoms with Crippen molar-refractivity contribution in [1.29, 1.82) is 0 Å². The Morgan fingerprint density at radius 2 is 1.81 bits per heavy atom. The van der Waals surface area contributed by atoms with E-state index in [9.17, 15) is 9.18 Å². The number of carbonyl (C=O) groups excluding carboxylic acids is 1. The Morgan fingerprint density at radius 3 is 2.54 bits per heavy atom. The van der Waals surface area contributed by atoms with Crippen LogP contribution in [0.15, 0.2) is 63.5 Å². The van der Waals surface area contributed by atoms with Crippen LogP contribution < -0.4 is 15.4 Å². The number of hydrogen-bond donors (Lipinski definition) is 2. The van der Waals surface area contributed by atoms with Gasteiger partial charge in [0.05, 0.1) is 10.9 Å². The molecule has 2 aliphatic heterocycles. The largest absolute Gasteiger partial charge is 0.489 e. The molecule has 2 N–H and O–H groups in total. The first-order chi connectivity index (χ1) is 18.0. The Labute approximate surface area is 225 Å². The molecule has 37 heavy (non-hydrogen) atoms. The molecule has 0 aliphatic carbocycles. The maximum Gasteiger partial charge on any atom is 0.227 e. The third-order valence-electron chi connectivity index (χ3n) is 7.06. The molecule has 0 radical (unpaired) electrons. The van der Waals surface area contributed by atoms with Crippen molar-refractivity contribution < 1.29 is 18.3 Å². The van der Waals surface area contributed by atoms with Gasteiger partial charge in [0.15, 0.2) is 0 Å². The van der Waals surface area contributed by atoms with Gasteiger partial charge in [-0.15, -0.1) is 0 Å². The first kappa shape index (κ1) is 25.9. The van der Waals surface area contributed by atoms with Gasteiger partial charge in [0.25, 0.3) is 0 Å². The number of ether oxygens (including phenoxy) is 1. The second-order valence-electron chi connectivity index (χ2n) is 9.90. The van der Waals surface area contributed by atoms with Crippen LogP contribution in [0.4, 0.5) is 4.39 Å². The molecule has 2 fully saturated rings. The summed E-state index contributed by atoms with van der Waals surface area (Å²) in [5.41, 5.74) is 2.04. The van der Waals surface area contributed by atoms with Gasteiger partial charge in [-0.1, -0.05) is 6.07 Å². The Bertz CT molecular complexity index is 1190. The molecular weight excluding hydrogens is 537 g/mol. The average Bonchev–Trinajstić information content (AvgIpc) is 3.36. The highest BCUT2D eigenvalue weighted by atomic mass is 79.9. The van der Waals surface area contributed by atoms with Gasteiger partial charge in [0.1, 0.15) is 29.2 Å². The van der Waals surface area contributed by atoms with Crippen LogP contribution in [0.2, 0.25) is 0 Å². The second kappa shape index (κ2) is 12.2. The van der Waals surface area contributed by atoms with Gasteiger partial charge in [-0.3, -0.25) is 9.69 Å². The minimum Gasteiger partial charge on any atom is -0.489 e. The fourth-order valence-corrected chi connectivity index (χ4v) is 5.52. The Hall–Kier alpha value is -2.68. The molecule has 0 unspecified atom stereocenters. The Balaban J connectivity index is 1.05. The number of piperidine rings is 2. The molecule has 0 spiro atoms. The van der Waals surface area contributed by atoms with E-state index in [0.29, 0.717) is 11.5 Å². The number of amides is 1. The van der Waals surface area contributed by atoms with Crippen molar-refractivity contribution in [3.8, 4) is 17.1 Å². The van der Waals surface area contributed by atoms with Crippen molar-refractivity contribution in [2.24, 2.45) is 0 Å². The Morgan fingerprint density at radius 1 is 1.05 bits per heavy atom. The summed E-state index contributed by atoms with van der Waals surface area (Å²) in [6, 6.07) is 16.3. The zero-order valence-corrected chi connectivity index (χ0v) is 22.4. The molecule has 3 heterocycles. The van der Waals surface area contributed by atoms with Crippen LogP contribution in [0, 0.1) is 5.82 Å². The molecule has 2 aromatic carbocycles. The standard InChI is InChI=1S/C29H33BrFN3O3/c30-26-17-20(1-7-28(26)36-24-9-13-32-14-10-24)19-34-15-11-23(12-16-34)33-29(35)18-25-6-8-27(37-25)21-2-4-22(31)5-3-21/h1-8,17,23-24,32H,9-16,18-19H2,(H,33,35). The maximum atomic E-state index is 13.1. The summed E-state index contributed by atoms with van der Waals surface area (Å²) in [4.78, 5) is 15.0. The molecule has 2 saturated heterocycles. The van der Waals surface area contributed by atoms with Crippen LogP contribution in [0.5, 0.6) is 5.75 Å². The number of nitrogens with zero attached hydrogens (tertiary/aromatic N) is 1. The van der Waals surface area contributed by atoms with Gasteiger partial charge in [-0.05, 0) is 109 Å². The highest BCUT2D eigenvalue weighted by Crippen LogP contribution is 2.29. The first-order valence-electron chi connectivity index (χ1n) is 13.0. The molecular formula is C29H33BrFN3O3. The zero-order valence-electron chi connectivity index (χ0n) is 20.8. The summed E-state index contributed by atoms with van der Waals surface area (Å²) in [5, 5.41) is 6.53. The molecule has 2 aliphatic rings. The van der Waals surface area contributed by atoms with Gasteiger partial charge >= 0.3 is 0 Å². The first-order valence-corrected chi connectivity index (χ1v) is 13.8. The monoisotopic (exact) mass is 569 g/mol. The number of rotatable bonds is 8. The predicted octanol–water partition coefficient (Wildman–Crippen LogP) is 5.30. The van der Waals surface area contributed by atoms with Gasteiger partial charge in [0.2, 0.25) is 5.91 Å². The SMILES string of the molecule is O=C(Cc1ccc(-c2ccc(F)cc2)o1)NC1CCN(Cc2ccc(OC3CCNCC3)c(Br)c2)CC1. The van der Waals surface area contributed by atoms with Crippen molar-refractivity contribution in [3.63, 3.8) is 0 Å². The molecule has 8 heteroatoms. The van der Waals surface area contributed by atoms with Crippen LogP contribution in [-0.4, -0.2) is 49.1 Å². The van der Waals surface area contributed by atoms with Crippen LogP contribution in [-0.2, 0) is 17.8 Å². The smallest absolute Gasteiger partial charge is 0.227 e. The van der Waals surface area contributed by atoms with Crippen molar-refractivity contribution >= 4 is 21.8 Å². The van der Waals surface area contributed by atoms with Gasteiger partial charge in [-0.25, -0.2) is 4.39 Å². The van der Waals surface area contributed by atoms with E-state index in [-0.39, 0.29) is 30.3 Å². The van der Waals surface area contributed by atoms with E-state index in [1.54, 1.807) is 12.1 Å². The number of carbonyl (C=O) groups is 1. The van der Waals surface area contributed by atoms with E-state index in [0.717, 1.165) is 74.2 Å². The van der Waals surface area contributed by atoms with Crippen molar-refractivity contribution in [2.45, 2.75) is 50.8 Å². The average molecular weight is 571 g/mol. The number of hydrogen-bond acceptors (Lipinski definition) is 5.